The molecule has 0 unspecified atom stereocenters. The molecule has 0 N–H and O–H groups in total. The average Bonchev–Trinajstić information content (AvgIpc) is 2.89. The topological polar surface area (TPSA) is 43.9 Å². The van der Waals surface area contributed by atoms with Crippen LogP contribution in [0.25, 0.3) is 0 Å². The van der Waals surface area contributed by atoms with E-state index in [0.717, 1.165) is 45.6 Å². The van der Waals surface area contributed by atoms with Gasteiger partial charge in [-0.05, 0) is 18.4 Å². The maximum atomic E-state index is 12.6. The molecule has 4 rings (SSSR count). The zero-order valence-corrected chi connectivity index (χ0v) is 14.5. The zero-order chi connectivity index (χ0) is 17.2. The van der Waals surface area contributed by atoms with Gasteiger partial charge in [0.15, 0.2) is 0 Å². The number of hydrogen-bond acceptors (Lipinski definition) is 4. The van der Waals surface area contributed by atoms with E-state index in [4.69, 9.17) is 0 Å². The second-order valence-electron chi connectivity index (χ2n) is 7.28. The summed E-state index contributed by atoms with van der Waals surface area (Å²) >= 11 is 0. The summed E-state index contributed by atoms with van der Waals surface area (Å²) in [6.07, 6.45) is 5.52. The molecule has 1 aromatic rings. The van der Waals surface area contributed by atoms with Crippen molar-refractivity contribution in [2.75, 3.05) is 32.8 Å². The van der Waals surface area contributed by atoms with Crippen molar-refractivity contribution in [1.82, 2.24) is 14.7 Å². The molecule has 0 spiro atoms. The van der Waals surface area contributed by atoms with Crippen molar-refractivity contribution in [3.8, 4) is 0 Å². The highest BCUT2D eigenvalue weighted by Gasteiger charge is 2.47. The smallest absolute Gasteiger partial charge is 0.234 e. The van der Waals surface area contributed by atoms with Gasteiger partial charge >= 0.3 is 0 Å². The van der Waals surface area contributed by atoms with Gasteiger partial charge in [0, 0.05) is 32.7 Å². The minimum atomic E-state index is -0.114. The maximum absolute atomic E-state index is 12.6. The second-order valence-corrected chi connectivity index (χ2v) is 7.28. The van der Waals surface area contributed by atoms with Crippen molar-refractivity contribution in [3.05, 3.63) is 48.0 Å². The van der Waals surface area contributed by atoms with Crippen LogP contribution in [-0.4, -0.2) is 59.4 Å². The Labute approximate surface area is 148 Å². The first-order valence-electron chi connectivity index (χ1n) is 9.21. The molecule has 0 aromatic heterocycles. The summed E-state index contributed by atoms with van der Waals surface area (Å²) in [6, 6.07) is 10.5. The van der Waals surface area contributed by atoms with Crippen LogP contribution in [-0.2, 0) is 16.1 Å². The highest BCUT2D eigenvalue weighted by atomic mass is 16.2. The summed E-state index contributed by atoms with van der Waals surface area (Å²) in [5.41, 5.74) is 1.33. The van der Waals surface area contributed by atoms with E-state index in [9.17, 15) is 9.59 Å². The fraction of sp³-hybridized carbons (Fsp3) is 0.500. The number of allylic oxidation sites excluding steroid dienone is 2. The van der Waals surface area contributed by atoms with Gasteiger partial charge in [0.25, 0.3) is 0 Å². The molecule has 2 fully saturated rings. The highest BCUT2D eigenvalue weighted by molar-refractivity contribution is 6.05. The largest absolute Gasteiger partial charge is 0.297 e. The maximum Gasteiger partial charge on any atom is 0.234 e. The average molecular weight is 339 g/mol. The van der Waals surface area contributed by atoms with Crippen LogP contribution in [0.5, 0.6) is 0 Å². The lowest BCUT2D eigenvalue weighted by Crippen LogP contribution is -2.51. The van der Waals surface area contributed by atoms with Crippen LogP contribution in [0.1, 0.15) is 18.4 Å². The van der Waals surface area contributed by atoms with Crippen LogP contribution in [0, 0.1) is 11.8 Å². The van der Waals surface area contributed by atoms with E-state index in [0.29, 0.717) is 6.67 Å². The number of fused-ring (bicyclic) bond motifs is 1. The van der Waals surface area contributed by atoms with Gasteiger partial charge in [-0.15, -0.1) is 0 Å². The summed E-state index contributed by atoms with van der Waals surface area (Å²) < 4.78 is 0. The minimum absolute atomic E-state index is 0.0334. The Bertz CT molecular complexity index is 639. The van der Waals surface area contributed by atoms with Crippen LogP contribution in [0.15, 0.2) is 42.5 Å². The van der Waals surface area contributed by atoms with E-state index in [1.165, 1.54) is 10.5 Å². The van der Waals surface area contributed by atoms with Crippen LogP contribution in [0.3, 0.4) is 0 Å². The quantitative estimate of drug-likeness (QED) is 0.619. The summed E-state index contributed by atoms with van der Waals surface area (Å²) in [5, 5.41) is 0. The molecule has 0 bridgehead atoms. The zero-order valence-electron chi connectivity index (χ0n) is 14.5. The van der Waals surface area contributed by atoms with E-state index in [2.05, 4.69) is 34.1 Å². The van der Waals surface area contributed by atoms with Crippen molar-refractivity contribution in [3.63, 3.8) is 0 Å². The van der Waals surface area contributed by atoms with Gasteiger partial charge in [0.2, 0.25) is 11.8 Å². The Morgan fingerprint density at radius 1 is 0.800 bits per heavy atom. The SMILES string of the molecule is O=C1[C@@H]2CC=CC[C@H]2C(=O)N1CN1CCN(Cc2ccccc2)CC1. The Balaban J connectivity index is 1.30. The third-order valence-corrected chi connectivity index (χ3v) is 5.65. The van der Waals surface area contributed by atoms with Crippen LogP contribution >= 0.6 is 0 Å². The van der Waals surface area contributed by atoms with Crippen molar-refractivity contribution in [1.29, 1.82) is 0 Å². The van der Waals surface area contributed by atoms with Crippen molar-refractivity contribution in [2.24, 2.45) is 11.8 Å². The minimum Gasteiger partial charge on any atom is -0.297 e. The van der Waals surface area contributed by atoms with E-state index >= 15 is 0 Å². The number of carbonyl (C=O) groups excluding carboxylic acids is 2. The second kappa shape index (κ2) is 7.10. The molecule has 5 nitrogen and oxygen atoms in total. The predicted octanol–water partition coefficient (Wildman–Crippen LogP) is 1.71. The molecule has 1 aliphatic carbocycles. The van der Waals surface area contributed by atoms with Gasteiger partial charge in [0.1, 0.15) is 0 Å². The number of amides is 2. The first-order chi connectivity index (χ1) is 12.2. The van der Waals surface area contributed by atoms with Crippen molar-refractivity contribution >= 4 is 11.8 Å². The number of carbonyl (C=O) groups is 2. The highest BCUT2D eigenvalue weighted by Crippen LogP contribution is 2.35. The molecule has 132 valence electrons. The Kier molecular flexibility index (Phi) is 4.68. The number of rotatable bonds is 4. The van der Waals surface area contributed by atoms with E-state index in [1.54, 1.807) is 0 Å². The molecular weight excluding hydrogens is 314 g/mol. The molecular formula is C20H25N3O2. The van der Waals surface area contributed by atoms with Crippen LogP contribution in [0.4, 0.5) is 0 Å². The van der Waals surface area contributed by atoms with Crippen molar-refractivity contribution in [2.45, 2.75) is 19.4 Å². The predicted molar refractivity (Wildman–Crippen MR) is 95.4 cm³/mol. The number of benzene rings is 1. The van der Waals surface area contributed by atoms with E-state index < -0.39 is 0 Å². The number of hydrogen-bond donors (Lipinski definition) is 0. The van der Waals surface area contributed by atoms with Gasteiger partial charge in [-0.3, -0.25) is 24.3 Å². The van der Waals surface area contributed by atoms with Gasteiger partial charge in [-0.1, -0.05) is 42.5 Å². The molecule has 0 saturated carbocycles. The van der Waals surface area contributed by atoms with Gasteiger partial charge in [0.05, 0.1) is 18.5 Å². The van der Waals surface area contributed by atoms with Gasteiger partial charge < -0.3 is 0 Å². The lowest BCUT2D eigenvalue weighted by molar-refractivity contribution is -0.142. The number of imide groups is 1. The Morgan fingerprint density at radius 3 is 1.96 bits per heavy atom. The third kappa shape index (κ3) is 3.39. The lowest BCUT2D eigenvalue weighted by atomic mass is 9.85. The van der Waals surface area contributed by atoms with Gasteiger partial charge in [-0.2, -0.15) is 0 Å². The number of piperazine rings is 1. The molecule has 25 heavy (non-hydrogen) atoms. The monoisotopic (exact) mass is 339 g/mol. The summed E-state index contributed by atoms with van der Waals surface area (Å²) in [4.78, 5) is 31.3. The molecule has 2 heterocycles. The standard InChI is InChI=1S/C20H25N3O2/c24-19-17-8-4-5-9-18(17)20(25)23(19)15-22-12-10-21(11-13-22)14-16-6-2-1-3-7-16/h1-7,17-18H,8-15H2/t17-,18-/m1/s1. The molecule has 2 atom stereocenters. The summed E-state index contributed by atoms with van der Waals surface area (Å²) in [7, 11) is 0. The fourth-order valence-corrected chi connectivity index (χ4v) is 4.14. The van der Waals surface area contributed by atoms with Crippen molar-refractivity contribution < 1.29 is 9.59 Å². The molecule has 5 heteroatoms. The number of nitrogens with zero attached hydrogens (tertiary/aromatic N) is 3. The van der Waals surface area contributed by atoms with Gasteiger partial charge in [-0.25, -0.2) is 0 Å². The lowest BCUT2D eigenvalue weighted by Gasteiger charge is -2.36. The first-order valence-corrected chi connectivity index (χ1v) is 9.21. The first kappa shape index (κ1) is 16.5. The van der Waals surface area contributed by atoms with E-state index in [-0.39, 0.29) is 23.7 Å². The third-order valence-electron chi connectivity index (χ3n) is 5.65. The molecule has 2 aliphatic heterocycles. The number of likely N-dealkylation sites (tertiary alicyclic amines) is 1. The molecule has 2 saturated heterocycles. The Hall–Kier alpha value is -1.98. The molecule has 3 aliphatic rings. The molecule has 1 aromatic carbocycles. The molecule has 2 amide bonds. The normalized spacial score (nSPS) is 27.8. The van der Waals surface area contributed by atoms with Crippen LogP contribution < -0.4 is 0 Å². The summed E-state index contributed by atoms with van der Waals surface area (Å²) in [6.45, 7) is 5.17. The summed E-state index contributed by atoms with van der Waals surface area (Å²) in [5.74, 6) is -0.161. The fourth-order valence-electron chi connectivity index (χ4n) is 4.14. The molecule has 0 radical (unpaired) electrons. The van der Waals surface area contributed by atoms with Crippen LogP contribution in [0.2, 0.25) is 0 Å². The Morgan fingerprint density at radius 2 is 1.36 bits per heavy atom. The van der Waals surface area contributed by atoms with E-state index in [1.807, 2.05) is 18.2 Å².